The van der Waals surface area contributed by atoms with Crippen molar-refractivity contribution in [2.24, 2.45) is 47.3 Å². The van der Waals surface area contributed by atoms with Gasteiger partial charge in [0.2, 0.25) is 24.2 Å². The Kier molecular flexibility index (Phi) is 10.1. The van der Waals surface area contributed by atoms with Crippen LogP contribution in [0, 0.1) is 47.3 Å². The quantitative estimate of drug-likeness (QED) is 0.106. The lowest BCUT2D eigenvalue weighted by atomic mass is 9.58. The second-order valence-corrected chi connectivity index (χ2v) is 17.3. The second kappa shape index (κ2) is 14.2. The van der Waals surface area contributed by atoms with Crippen molar-refractivity contribution in [1.82, 2.24) is 0 Å². The Bertz CT molecular complexity index is 1380. The number of carbonyl (C=O) groups excluding carboxylic acids is 4. The van der Waals surface area contributed by atoms with Crippen LogP contribution in [0.3, 0.4) is 0 Å². The third kappa shape index (κ3) is 6.45. The largest absolute Gasteiger partial charge is 0.462 e. The molecule has 16 nitrogen and oxygen atoms in total. The summed E-state index contributed by atoms with van der Waals surface area (Å²) in [7, 11) is 0. The molecule has 8 aliphatic heterocycles. The third-order valence-electron chi connectivity index (χ3n) is 13.9. The van der Waals surface area contributed by atoms with Crippen LogP contribution in [0.25, 0.3) is 0 Å². The van der Waals surface area contributed by atoms with E-state index >= 15 is 0 Å². The number of ether oxygens (including phenoxy) is 8. The lowest BCUT2D eigenvalue weighted by Gasteiger charge is -2.59. The van der Waals surface area contributed by atoms with Gasteiger partial charge in [0.05, 0.1) is 0 Å². The summed E-state index contributed by atoms with van der Waals surface area (Å²) in [4.78, 5) is 74.5. The molecule has 2 unspecified atom stereocenters. The van der Waals surface area contributed by atoms with Crippen LogP contribution in [0.1, 0.15) is 106 Å². The molecule has 302 valence electrons. The van der Waals surface area contributed by atoms with Crippen LogP contribution < -0.4 is 0 Å². The molecule has 0 radical (unpaired) electrons. The fraction of sp³-hybridized carbons (Fsp3) is 0.895. The normalized spacial score (nSPS) is 48.6. The van der Waals surface area contributed by atoms with Crippen LogP contribution in [0.2, 0.25) is 0 Å². The Morgan fingerprint density at radius 3 is 1.35 bits per heavy atom. The summed E-state index contributed by atoms with van der Waals surface area (Å²) in [6.45, 7) is 11.3. The molecule has 0 amide bonds. The van der Waals surface area contributed by atoms with Crippen molar-refractivity contribution in [3.05, 3.63) is 0 Å². The summed E-state index contributed by atoms with van der Waals surface area (Å²) >= 11 is 0. The monoisotopic (exact) mass is 766 g/mol. The highest BCUT2D eigenvalue weighted by Gasteiger charge is 2.71. The summed E-state index contributed by atoms with van der Waals surface area (Å²) in [6.07, 6.45) is 1.81. The lowest BCUT2D eigenvalue weighted by molar-refractivity contribution is -0.576. The minimum atomic E-state index is -0.973. The maximum atomic E-state index is 12.8. The van der Waals surface area contributed by atoms with Gasteiger partial charge in [0.25, 0.3) is 0 Å². The molecule has 0 N–H and O–H groups in total. The predicted molar refractivity (Wildman–Crippen MR) is 177 cm³/mol. The molecule has 2 spiro atoms. The molecule has 10 fully saturated rings. The van der Waals surface area contributed by atoms with Crippen molar-refractivity contribution in [3.63, 3.8) is 0 Å². The molecule has 4 bridgehead atoms. The highest BCUT2D eigenvalue weighted by atomic mass is 17.3. The molecule has 8 saturated heterocycles. The summed E-state index contributed by atoms with van der Waals surface area (Å²) < 4.78 is 46.5. The maximum absolute atomic E-state index is 12.8. The molecule has 16 atom stereocenters. The summed E-state index contributed by atoms with van der Waals surface area (Å²) in [5, 5.41) is 0. The zero-order valence-electron chi connectivity index (χ0n) is 31.9. The fourth-order valence-corrected chi connectivity index (χ4v) is 11.0. The first-order chi connectivity index (χ1) is 25.7. The van der Waals surface area contributed by atoms with Crippen molar-refractivity contribution in [2.45, 2.75) is 154 Å². The smallest absolute Gasteiger partial charge is 0.319 e. The molecular weight excluding hydrogens is 712 g/mol. The average molecular weight is 767 g/mol. The van der Waals surface area contributed by atoms with Crippen LogP contribution in [0.15, 0.2) is 0 Å². The van der Waals surface area contributed by atoms with E-state index < -0.39 is 84.7 Å². The van der Waals surface area contributed by atoms with Gasteiger partial charge in [0.15, 0.2) is 23.8 Å². The van der Waals surface area contributed by atoms with Crippen LogP contribution in [0.4, 0.5) is 0 Å². The number of hydrogen-bond donors (Lipinski definition) is 0. The molecule has 10 rings (SSSR count). The molecule has 2 saturated carbocycles. The topological polar surface area (TPSA) is 179 Å². The Hall–Kier alpha value is -2.44. The van der Waals surface area contributed by atoms with Crippen molar-refractivity contribution < 1.29 is 76.6 Å². The van der Waals surface area contributed by atoms with E-state index in [0.29, 0.717) is 24.7 Å². The van der Waals surface area contributed by atoms with Crippen LogP contribution in [0.5, 0.6) is 0 Å². The Balaban J connectivity index is 0.772. The van der Waals surface area contributed by atoms with Crippen LogP contribution >= 0.6 is 0 Å². The maximum Gasteiger partial charge on any atom is 0.319 e. The lowest BCUT2D eigenvalue weighted by Crippen LogP contribution is -2.70. The number of carbonyl (C=O) groups is 4. The van der Waals surface area contributed by atoms with Crippen molar-refractivity contribution >= 4 is 23.9 Å². The van der Waals surface area contributed by atoms with E-state index in [9.17, 15) is 19.2 Å². The molecule has 8 heterocycles. The molecule has 0 aromatic rings. The number of fused-ring (bicyclic) bond motifs is 4. The van der Waals surface area contributed by atoms with Crippen molar-refractivity contribution in [2.75, 3.05) is 13.2 Å². The second-order valence-electron chi connectivity index (χ2n) is 17.3. The van der Waals surface area contributed by atoms with Gasteiger partial charge < -0.3 is 37.9 Å². The highest BCUT2D eigenvalue weighted by Crippen LogP contribution is 2.62. The summed E-state index contributed by atoms with van der Waals surface area (Å²) in [6, 6.07) is 0. The standard InChI is InChI=1S/C38H54O16/c1-19-7-9-25-21(3)31(47-33-37(25)23(19)11-13-35(5,49-33)51-53-37)45-29(41)17-27(39)43-15-16-44-28(40)18-30(42)46-32-22(4)26-10-8-20(2)24-12-14-36(6)50-34(48-32)38(24,26)54-52-36/h19-26,31-34H,7-18H2,1-6H3/t19-,20-,21-,22-,23+,24+,25+,26+,31?,32?,33-,34-,35+,36+,37-,38-/m1/s1. The van der Waals surface area contributed by atoms with E-state index in [1.165, 1.54) is 0 Å². The average Bonchev–Trinajstić information content (AvgIpc) is 3.49. The fourth-order valence-electron chi connectivity index (χ4n) is 11.0. The van der Waals surface area contributed by atoms with Crippen LogP contribution in [-0.2, 0) is 76.6 Å². The van der Waals surface area contributed by atoms with Gasteiger partial charge in [-0.05, 0) is 76.0 Å². The van der Waals surface area contributed by atoms with Gasteiger partial charge in [0.1, 0.15) is 26.1 Å². The SMILES string of the molecule is C[C@@H]1CC[C@H]2[C@@H](C)C(OC(=O)CC(=O)OCCOC(=O)CC(=O)OC3O[C@@H]4O[C@]5(C)CC[C@H]6[C@H](C)CC[C@@H]([C@H]3C)[C@@]46OO5)O[C@@H]3O[C@]4(C)CC[C@@H]1[C@]32OO4. The van der Waals surface area contributed by atoms with Crippen molar-refractivity contribution in [3.8, 4) is 0 Å². The minimum absolute atomic E-state index is 0.0510. The van der Waals surface area contributed by atoms with Gasteiger partial charge in [-0.3, -0.25) is 19.2 Å². The van der Waals surface area contributed by atoms with Gasteiger partial charge in [-0.1, -0.05) is 27.7 Å². The van der Waals surface area contributed by atoms with Crippen LogP contribution in [-0.4, -0.2) is 85.0 Å². The van der Waals surface area contributed by atoms with E-state index in [0.717, 1.165) is 38.5 Å². The van der Waals surface area contributed by atoms with Gasteiger partial charge in [0, 0.05) is 36.5 Å². The Morgan fingerprint density at radius 2 is 0.944 bits per heavy atom. The molecule has 16 heteroatoms. The van der Waals surface area contributed by atoms with Gasteiger partial charge in [-0.2, -0.15) is 0 Å². The molecule has 0 aromatic heterocycles. The Labute approximate surface area is 314 Å². The van der Waals surface area contributed by atoms with E-state index in [1.807, 2.05) is 27.7 Å². The molecule has 0 aromatic carbocycles. The third-order valence-corrected chi connectivity index (χ3v) is 13.9. The van der Waals surface area contributed by atoms with E-state index in [4.69, 9.17) is 57.4 Å². The van der Waals surface area contributed by atoms with E-state index in [-0.39, 0.29) is 48.7 Å². The summed E-state index contributed by atoms with van der Waals surface area (Å²) in [5.41, 5.74) is -1.61. The first-order valence-electron chi connectivity index (χ1n) is 19.8. The predicted octanol–water partition coefficient (Wildman–Crippen LogP) is 4.36. The van der Waals surface area contributed by atoms with E-state index in [2.05, 4.69) is 13.8 Å². The zero-order valence-corrected chi connectivity index (χ0v) is 31.9. The van der Waals surface area contributed by atoms with Gasteiger partial charge >= 0.3 is 23.9 Å². The molecule has 54 heavy (non-hydrogen) atoms. The van der Waals surface area contributed by atoms with Gasteiger partial charge in [-0.25, -0.2) is 19.6 Å². The first kappa shape index (κ1) is 38.4. The minimum Gasteiger partial charge on any atom is -0.462 e. The molecule has 10 aliphatic rings. The molecule has 2 aliphatic carbocycles. The number of rotatable bonds is 9. The number of hydrogen-bond acceptors (Lipinski definition) is 16. The Morgan fingerprint density at radius 1 is 0.537 bits per heavy atom. The van der Waals surface area contributed by atoms with Gasteiger partial charge in [-0.15, -0.1) is 0 Å². The van der Waals surface area contributed by atoms with E-state index in [1.54, 1.807) is 0 Å². The highest BCUT2D eigenvalue weighted by molar-refractivity contribution is 5.91. The zero-order chi connectivity index (χ0) is 38.2. The molecular formula is C38H54O16. The van der Waals surface area contributed by atoms with Crippen molar-refractivity contribution in [1.29, 1.82) is 0 Å². The summed E-state index contributed by atoms with van der Waals surface area (Å²) in [5.74, 6) is -4.85. The first-order valence-corrected chi connectivity index (χ1v) is 19.8. The number of esters is 4.